The Morgan fingerprint density at radius 2 is 2.16 bits per heavy atom. The summed E-state index contributed by atoms with van der Waals surface area (Å²) < 4.78 is 19.4. The van der Waals surface area contributed by atoms with Crippen molar-refractivity contribution in [3.8, 4) is 11.6 Å². The molecule has 1 N–H and O–H groups in total. The third-order valence-corrected chi connectivity index (χ3v) is 3.13. The van der Waals surface area contributed by atoms with Crippen molar-refractivity contribution in [3.63, 3.8) is 0 Å². The van der Waals surface area contributed by atoms with Gasteiger partial charge in [-0.3, -0.25) is 0 Å². The van der Waals surface area contributed by atoms with Crippen molar-refractivity contribution >= 4 is 21.7 Å². The van der Waals surface area contributed by atoms with Crippen molar-refractivity contribution in [3.05, 3.63) is 40.4 Å². The first-order chi connectivity index (χ1) is 9.11. The normalized spacial score (nSPS) is 10.3. The molecular formula is C13H13BrFN3O. The molecule has 100 valence electrons. The first-order valence-corrected chi connectivity index (χ1v) is 6.59. The molecule has 0 spiro atoms. The number of nitrogens with zero attached hydrogens (tertiary/aromatic N) is 2. The minimum atomic E-state index is -0.379. The van der Waals surface area contributed by atoms with E-state index in [-0.39, 0.29) is 5.82 Å². The van der Waals surface area contributed by atoms with E-state index in [4.69, 9.17) is 4.74 Å². The zero-order valence-electron chi connectivity index (χ0n) is 10.6. The third-order valence-electron chi connectivity index (χ3n) is 2.49. The van der Waals surface area contributed by atoms with Crippen LogP contribution in [0.1, 0.15) is 12.5 Å². The molecular weight excluding hydrogens is 313 g/mol. The summed E-state index contributed by atoms with van der Waals surface area (Å²) in [4.78, 5) is 8.18. The Morgan fingerprint density at radius 3 is 2.84 bits per heavy atom. The molecule has 0 fully saturated rings. The van der Waals surface area contributed by atoms with Crippen LogP contribution >= 0.6 is 15.9 Å². The second-order valence-electron chi connectivity index (χ2n) is 3.86. The number of benzene rings is 1. The molecule has 1 aromatic heterocycles. The van der Waals surface area contributed by atoms with Crippen molar-refractivity contribution in [1.82, 2.24) is 9.97 Å². The first kappa shape index (κ1) is 13.7. The Morgan fingerprint density at radius 1 is 1.37 bits per heavy atom. The zero-order chi connectivity index (χ0) is 13.8. The molecule has 0 saturated carbocycles. The van der Waals surface area contributed by atoms with Crippen LogP contribution in [-0.4, -0.2) is 16.5 Å². The van der Waals surface area contributed by atoms with E-state index >= 15 is 0 Å². The molecule has 19 heavy (non-hydrogen) atoms. The maximum Gasteiger partial charge on any atom is 0.227 e. The molecule has 0 amide bonds. The molecule has 0 unspecified atom stereocenters. The summed E-state index contributed by atoms with van der Waals surface area (Å²) in [7, 11) is 0. The summed E-state index contributed by atoms with van der Waals surface area (Å²) in [6.45, 7) is 4.58. The lowest BCUT2D eigenvalue weighted by Gasteiger charge is -2.11. The molecule has 2 rings (SSSR count). The number of hydrogen-bond donors (Lipinski definition) is 1. The Bertz CT molecular complexity index is 592. The first-order valence-electron chi connectivity index (χ1n) is 5.80. The van der Waals surface area contributed by atoms with Gasteiger partial charge in [-0.2, -0.15) is 0 Å². The molecule has 0 saturated heterocycles. The van der Waals surface area contributed by atoms with Crippen LogP contribution in [0.4, 0.5) is 10.2 Å². The van der Waals surface area contributed by atoms with Crippen LogP contribution in [0.15, 0.2) is 29.0 Å². The minimum absolute atomic E-state index is 0.379. The van der Waals surface area contributed by atoms with Crippen LogP contribution in [0.3, 0.4) is 0 Å². The van der Waals surface area contributed by atoms with Gasteiger partial charge in [-0.25, -0.2) is 14.4 Å². The van der Waals surface area contributed by atoms with E-state index < -0.39 is 0 Å². The molecule has 0 atom stereocenters. The number of anilines is 1. The van der Waals surface area contributed by atoms with E-state index in [1.54, 1.807) is 12.1 Å². The van der Waals surface area contributed by atoms with E-state index in [1.165, 1.54) is 12.4 Å². The van der Waals surface area contributed by atoms with Gasteiger partial charge in [0, 0.05) is 12.6 Å². The second kappa shape index (κ2) is 5.97. The average molecular weight is 326 g/mol. The molecule has 4 nitrogen and oxygen atoms in total. The number of rotatable bonds is 4. The lowest BCUT2D eigenvalue weighted by Crippen LogP contribution is -2.03. The van der Waals surface area contributed by atoms with Crippen molar-refractivity contribution in [2.45, 2.75) is 13.8 Å². The number of halogens is 2. The summed E-state index contributed by atoms with van der Waals surface area (Å²) >= 11 is 3.10. The van der Waals surface area contributed by atoms with Crippen LogP contribution in [-0.2, 0) is 0 Å². The van der Waals surface area contributed by atoms with Gasteiger partial charge in [0.05, 0.1) is 10.0 Å². The maximum atomic E-state index is 13.4. The van der Waals surface area contributed by atoms with Crippen molar-refractivity contribution in [2.24, 2.45) is 0 Å². The highest BCUT2D eigenvalue weighted by atomic mass is 79.9. The Labute approximate surface area is 119 Å². The largest absolute Gasteiger partial charge is 0.438 e. The summed E-state index contributed by atoms with van der Waals surface area (Å²) in [5.74, 6) is 1.14. The van der Waals surface area contributed by atoms with E-state index in [0.29, 0.717) is 21.9 Å². The maximum absolute atomic E-state index is 13.4. The highest BCUT2D eigenvalue weighted by Crippen LogP contribution is 2.28. The molecule has 2 aromatic rings. The molecule has 1 heterocycles. The molecule has 0 aliphatic heterocycles. The van der Waals surface area contributed by atoms with E-state index in [2.05, 4.69) is 31.2 Å². The predicted molar refractivity (Wildman–Crippen MR) is 75.1 cm³/mol. The summed E-state index contributed by atoms with van der Waals surface area (Å²) in [6.07, 6.45) is 1.41. The summed E-state index contributed by atoms with van der Waals surface area (Å²) in [5.41, 5.74) is 0.785. The molecule has 1 aromatic carbocycles. The number of nitrogens with one attached hydrogen (secondary N) is 1. The van der Waals surface area contributed by atoms with Gasteiger partial charge in [0.1, 0.15) is 23.7 Å². The van der Waals surface area contributed by atoms with Gasteiger partial charge in [-0.05, 0) is 41.9 Å². The van der Waals surface area contributed by atoms with Gasteiger partial charge in [0.2, 0.25) is 5.88 Å². The van der Waals surface area contributed by atoms with Crippen molar-refractivity contribution < 1.29 is 9.13 Å². The van der Waals surface area contributed by atoms with Gasteiger partial charge in [0.25, 0.3) is 0 Å². The smallest absolute Gasteiger partial charge is 0.227 e. The lowest BCUT2D eigenvalue weighted by molar-refractivity contribution is 0.453. The average Bonchev–Trinajstić information content (AvgIpc) is 2.39. The van der Waals surface area contributed by atoms with Crippen LogP contribution < -0.4 is 10.1 Å². The highest BCUT2D eigenvalue weighted by Gasteiger charge is 2.09. The fraction of sp³-hybridized carbons (Fsp3) is 0.231. The summed E-state index contributed by atoms with van der Waals surface area (Å²) in [6, 6.07) is 4.56. The van der Waals surface area contributed by atoms with Gasteiger partial charge in [-0.15, -0.1) is 0 Å². The molecule has 0 aliphatic carbocycles. The fourth-order valence-electron chi connectivity index (χ4n) is 1.53. The Balaban J connectivity index is 2.27. The van der Waals surface area contributed by atoms with Gasteiger partial charge < -0.3 is 10.1 Å². The van der Waals surface area contributed by atoms with Gasteiger partial charge in [0.15, 0.2) is 0 Å². The predicted octanol–water partition coefficient (Wildman–Crippen LogP) is 3.91. The minimum Gasteiger partial charge on any atom is -0.438 e. The topological polar surface area (TPSA) is 47.0 Å². The van der Waals surface area contributed by atoms with Crippen molar-refractivity contribution in [1.29, 1.82) is 0 Å². The number of hydrogen-bond acceptors (Lipinski definition) is 4. The standard InChI is InChI=1S/C13H13BrFN3O/c1-3-16-12-8(2)13(18-7-17-12)19-9-4-5-10(14)11(15)6-9/h4-7H,3H2,1-2H3,(H,16,17,18). The monoisotopic (exact) mass is 325 g/mol. The zero-order valence-corrected chi connectivity index (χ0v) is 12.2. The number of aromatic nitrogens is 2. The van der Waals surface area contributed by atoms with Crippen molar-refractivity contribution in [2.75, 3.05) is 11.9 Å². The fourth-order valence-corrected chi connectivity index (χ4v) is 1.78. The molecule has 6 heteroatoms. The summed E-state index contributed by atoms with van der Waals surface area (Å²) in [5, 5.41) is 3.11. The van der Waals surface area contributed by atoms with Crippen LogP contribution in [0.25, 0.3) is 0 Å². The quantitative estimate of drug-likeness (QED) is 0.925. The van der Waals surface area contributed by atoms with E-state index in [9.17, 15) is 4.39 Å². The van der Waals surface area contributed by atoms with Gasteiger partial charge >= 0.3 is 0 Å². The number of ether oxygens (including phenoxy) is 1. The third kappa shape index (κ3) is 3.20. The lowest BCUT2D eigenvalue weighted by atomic mass is 10.3. The van der Waals surface area contributed by atoms with E-state index in [1.807, 2.05) is 13.8 Å². The van der Waals surface area contributed by atoms with Crippen LogP contribution in [0.2, 0.25) is 0 Å². The molecule has 0 radical (unpaired) electrons. The van der Waals surface area contributed by atoms with Crippen LogP contribution in [0, 0.1) is 12.7 Å². The van der Waals surface area contributed by atoms with E-state index in [0.717, 1.165) is 12.1 Å². The SMILES string of the molecule is CCNc1ncnc(Oc2ccc(Br)c(F)c2)c1C. The molecule has 0 bridgehead atoms. The molecule has 0 aliphatic rings. The Kier molecular flexibility index (Phi) is 4.31. The second-order valence-corrected chi connectivity index (χ2v) is 4.72. The Hall–Kier alpha value is -1.69. The highest BCUT2D eigenvalue weighted by molar-refractivity contribution is 9.10. The van der Waals surface area contributed by atoms with Gasteiger partial charge in [-0.1, -0.05) is 0 Å². The van der Waals surface area contributed by atoms with Crippen LogP contribution in [0.5, 0.6) is 11.6 Å².